The minimum atomic E-state index is -0.448. The van der Waals surface area contributed by atoms with Gasteiger partial charge in [0.05, 0.1) is 17.8 Å². The Bertz CT molecular complexity index is 1220. The van der Waals surface area contributed by atoms with Crippen LogP contribution in [0.25, 0.3) is 10.9 Å². The van der Waals surface area contributed by atoms with E-state index in [2.05, 4.69) is 20.8 Å². The van der Waals surface area contributed by atoms with Crippen LogP contribution in [0.15, 0.2) is 58.8 Å². The van der Waals surface area contributed by atoms with E-state index in [9.17, 15) is 14.4 Å². The summed E-state index contributed by atoms with van der Waals surface area (Å²) in [5.41, 5.74) is 4.52. The third-order valence-electron chi connectivity index (χ3n) is 4.94. The first kappa shape index (κ1) is 22.8. The van der Waals surface area contributed by atoms with Crippen LogP contribution < -0.4 is 16.2 Å². The second kappa shape index (κ2) is 10.5. The molecule has 9 heteroatoms. The summed E-state index contributed by atoms with van der Waals surface area (Å²) in [5, 5.41) is 7.24. The van der Waals surface area contributed by atoms with Gasteiger partial charge in [-0.25, -0.2) is 5.43 Å². The van der Waals surface area contributed by atoms with E-state index in [1.165, 1.54) is 19.5 Å². The van der Waals surface area contributed by atoms with Gasteiger partial charge in [-0.1, -0.05) is 6.07 Å². The summed E-state index contributed by atoms with van der Waals surface area (Å²) in [6.07, 6.45) is 4.62. The first-order valence-electron chi connectivity index (χ1n) is 10.2. The van der Waals surface area contributed by atoms with Gasteiger partial charge in [0.2, 0.25) is 5.43 Å². The number of benzene rings is 1. The number of aryl methyl sites for hydroxylation is 1. The number of aromatic nitrogens is 2. The number of ether oxygens (including phenoxy) is 1. The molecule has 2 N–H and O–H groups in total. The zero-order valence-corrected chi connectivity index (χ0v) is 18.2. The molecule has 0 saturated heterocycles. The Morgan fingerprint density at radius 3 is 2.56 bits per heavy atom. The molecule has 0 bridgehead atoms. The molecular formula is C23H25N5O4. The van der Waals surface area contributed by atoms with Gasteiger partial charge in [-0.3, -0.25) is 19.4 Å². The van der Waals surface area contributed by atoms with Crippen LogP contribution in [0.5, 0.6) is 0 Å². The van der Waals surface area contributed by atoms with Gasteiger partial charge < -0.3 is 14.6 Å². The van der Waals surface area contributed by atoms with E-state index < -0.39 is 5.91 Å². The van der Waals surface area contributed by atoms with Gasteiger partial charge in [-0.15, -0.1) is 0 Å². The van der Waals surface area contributed by atoms with E-state index in [1.54, 1.807) is 31.3 Å². The summed E-state index contributed by atoms with van der Waals surface area (Å²) < 4.78 is 6.79. The fourth-order valence-corrected chi connectivity index (χ4v) is 3.17. The molecule has 2 aromatic heterocycles. The topological polar surface area (TPSA) is 115 Å². The van der Waals surface area contributed by atoms with Crippen LogP contribution in [0.4, 0.5) is 0 Å². The number of fused-ring (bicyclic) bond motifs is 1. The van der Waals surface area contributed by atoms with Crippen molar-refractivity contribution < 1.29 is 14.3 Å². The Kier molecular flexibility index (Phi) is 7.45. The molecular weight excluding hydrogens is 410 g/mol. The lowest BCUT2D eigenvalue weighted by Gasteiger charge is -2.13. The maximum atomic E-state index is 13.1. The minimum absolute atomic E-state index is 0.0631. The number of hydrogen-bond acceptors (Lipinski definition) is 6. The summed E-state index contributed by atoms with van der Waals surface area (Å²) in [7, 11) is 1.54. The highest BCUT2D eigenvalue weighted by molar-refractivity contribution is 6.04. The summed E-state index contributed by atoms with van der Waals surface area (Å²) in [4.78, 5) is 41.7. The molecule has 3 rings (SSSR count). The minimum Gasteiger partial charge on any atom is -0.383 e. The molecule has 1 aromatic carbocycles. The van der Waals surface area contributed by atoms with Crippen LogP contribution in [0.3, 0.4) is 0 Å². The molecule has 0 aliphatic carbocycles. The van der Waals surface area contributed by atoms with E-state index in [-0.39, 0.29) is 16.9 Å². The van der Waals surface area contributed by atoms with Gasteiger partial charge in [0.1, 0.15) is 5.56 Å². The number of hydrogen-bond donors (Lipinski definition) is 2. The maximum absolute atomic E-state index is 13.1. The standard InChI is InChI=1S/C23H25N5O4/c1-4-28-14-19(23(31)25-11-12-32-3)21(29)18-13-17(5-6-20(18)28)15(2)26-27-22(30)16-7-9-24-10-8-16/h5-10,13-14H,4,11-12H2,1-3H3,(H,25,31)(H,27,30)/b26-15+. The highest BCUT2D eigenvalue weighted by Crippen LogP contribution is 2.15. The summed E-state index contributed by atoms with van der Waals surface area (Å²) >= 11 is 0. The van der Waals surface area contributed by atoms with Crippen molar-refractivity contribution in [1.29, 1.82) is 0 Å². The Labute approximate surface area is 185 Å². The highest BCUT2D eigenvalue weighted by Gasteiger charge is 2.16. The predicted octanol–water partition coefficient (Wildman–Crippen LogP) is 1.95. The third kappa shape index (κ3) is 5.06. The molecule has 0 unspecified atom stereocenters. The number of methoxy groups -OCH3 is 1. The second-order valence-electron chi connectivity index (χ2n) is 7.01. The van der Waals surface area contributed by atoms with Crippen molar-refractivity contribution >= 4 is 28.4 Å². The highest BCUT2D eigenvalue weighted by atomic mass is 16.5. The van der Waals surface area contributed by atoms with Crippen molar-refractivity contribution in [3.63, 3.8) is 0 Å². The van der Waals surface area contributed by atoms with E-state index in [0.29, 0.717) is 47.4 Å². The smallest absolute Gasteiger partial charge is 0.271 e. The third-order valence-corrected chi connectivity index (χ3v) is 4.94. The van der Waals surface area contributed by atoms with Crippen molar-refractivity contribution in [2.45, 2.75) is 20.4 Å². The van der Waals surface area contributed by atoms with Crippen LogP contribution in [0.2, 0.25) is 0 Å². The SMILES string of the molecule is CCn1cc(C(=O)NCCOC)c(=O)c2cc(/C(C)=N/NC(=O)c3ccncc3)ccc21. The van der Waals surface area contributed by atoms with Gasteiger partial charge in [-0.05, 0) is 43.7 Å². The first-order valence-corrected chi connectivity index (χ1v) is 10.2. The Morgan fingerprint density at radius 2 is 1.88 bits per heavy atom. The Balaban J connectivity index is 1.94. The van der Waals surface area contributed by atoms with Crippen LogP contribution in [0.1, 0.15) is 40.1 Å². The normalized spacial score (nSPS) is 11.4. The van der Waals surface area contributed by atoms with Gasteiger partial charge in [0, 0.05) is 49.7 Å². The predicted molar refractivity (Wildman–Crippen MR) is 122 cm³/mol. The monoisotopic (exact) mass is 435 g/mol. The van der Waals surface area contributed by atoms with Gasteiger partial charge in [0.25, 0.3) is 11.8 Å². The number of amides is 2. The molecule has 0 fully saturated rings. The van der Waals surface area contributed by atoms with Crippen LogP contribution in [-0.2, 0) is 11.3 Å². The number of nitrogens with one attached hydrogen (secondary N) is 2. The molecule has 0 aliphatic heterocycles. The molecule has 0 saturated carbocycles. The molecule has 166 valence electrons. The van der Waals surface area contributed by atoms with Gasteiger partial charge in [0.15, 0.2) is 0 Å². The van der Waals surface area contributed by atoms with E-state index in [0.717, 1.165) is 0 Å². The fourth-order valence-electron chi connectivity index (χ4n) is 3.17. The van der Waals surface area contributed by atoms with Crippen LogP contribution in [0, 0.1) is 0 Å². The maximum Gasteiger partial charge on any atom is 0.271 e. The summed E-state index contributed by atoms with van der Waals surface area (Å²) in [6.45, 7) is 4.91. The lowest BCUT2D eigenvalue weighted by atomic mass is 10.0. The van der Waals surface area contributed by atoms with Crippen molar-refractivity contribution in [1.82, 2.24) is 20.3 Å². The second-order valence-corrected chi connectivity index (χ2v) is 7.01. The van der Waals surface area contributed by atoms with E-state index in [4.69, 9.17) is 4.74 Å². The first-order chi connectivity index (χ1) is 15.5. The molecule has 2 heterocycles. The molecule has 0 atom stereocenters. The van der Waals surface area contributed by atoms with E-state index >= 15 is 0 Å². The number of nitrogens with zero attached hydrogens (tertiary/aromatic N) is 3. The Hall–Kier alpha value is -3.85. The molecule has 0 radical (unpaired) electrons. The molecule has 3 aromatic rings. The van der Waals surface area contributed by atoms with Crippen LogP contribution >= 0.6 is 0 Å². The number of carbonyl (C=O) groups excluding carboxylic acids is 2. The molecule has 2 amide bonds. The molecule has 9 nitrogen and oxygen atoms in total. The zero-order chi connectivity index (χ0) is 23.1. The number of hydrazone groups is 1. The van der Waals surface area contributed by atoms with Crippen molar-refractivity contribution in [3.8, 4) is 0 Å². The Morgan fingerprint density at radius 1 is 1.12 bits per heavy atom. The van der Waals surface area contributed by atoms with Gasteiger partial charge in [-0.2, -0.15) is 5.10 Å². The largest absolute Gasteiger partial charge is 0.383 e. The number of pyridine rings is 2. The van der Waals surface area contributed by atoms with Crippen molar-refractivity contribution in [2.75, 3.05) is 20.3 Å². The van der Waals surface area contributed by atoms with Crippen molar-refractivity contribution in [3.05, 3.63) is 75.8 Å². The lowest BCUT2D eigenvalue weighted by molar-refractivity contribution is 0.0932. The summed E-state index contributed by atoms with van der Waals surface area (Å²) in [5.74, 6) is -0.813. The van der Waals surface area contributed by atoms with Crippen LogP contribution in [-0.4, -0.2) is 47.3 Å². The average molecular weight is 435 g/mol. The van der Waals surface area contributed by atoms with Crippen molar-refractivity contribution in [2.24, 2.45) is 5.10 Å². The fraction of sp³-hybridized carbons (Fsp3) is 0.261. The molecule has 0 aliphatic rings. The molecule has 32 heavy (non-hydrogen) atoms. The lowest BCUT2D eigenvalue weighted by Crippen LogP contribution is -2.32. The quantitative estimate of drug-likeness (QED) is 0.319. The average Bonchev–Trinajstić information content (AvgIpc) is 2.83. The van der Waals surface area contributed by atoms with Gasteiger partial charge >= 0.3 is 0 Å². The molecule has 0 spiro atoms. The number of rotatable bonds is 8. The zero-order valence-electron chi connectivity index (χ0n) is 18.2. The van der Waals surface area contributed by atoms with E-state index in [1.807, 2.05) is 23.6 Å². The number of carbonyl (C=O) groups is 2. The summed E-state index contributed by atoms with van der Waals surface area (Å²) in [6, 6.07) is 8.49.